The van der Waals surface area contributed by atoms with Gasteiger partial charge in [0.2, 0.25) is 0 Å². The summed E-state index contributed by atoms with van der Waals surface area (Å²) in [7, 11) is 0. The van der Waals surface area contributed by atoms with E-state index in [0.717, 1.165) is 11.6 Å². The van der Waals surface area contributed by atoms with E-state index in [9.17, 15) is 9.50 Å². The maximum atomic E-state index is 13.7. The van der Waals surface area contributed by atoms with Crippen LogP contribution >= 0.6 is 23.2 Å². The highest BCUT2D eigenvalue weighted by Crippen LogP contribution is 2.39. The van der Waals surface area contributed by atoms with Crippen LogP contribution in [0.2, 0.25) is 10.0 Å². The van der Waals surface area contributed by atoms with Crippen LogP contribution in [0.3, 0.4) is 0 Å². The zero-order valence-corrected chi connectivity index (χ0v) is 12.4. The number of aliphatic hydroxyl groups is 1. The van der Waals surface area contributed by atoms with E-state index >= 15 is 0 Å². The van der Waals surface area contributed by atoms with Crippen LogP contribution in [-0.2, 0) is 5.60 Å². The number of anilines is 1. The van der Waals surface area contributed by atoms with Gasteiger partial charge in [0, 0.05) is 22.3 Å². The van der Waals surface area contributed by atoms with Crippen LogP contribution in [0.5, 0.6) is 0 Å². The largest absolute Gasteiger partial charge is 0.383 e. The molecule has 0 aliphatic rings. The Morgan fingerprint density at radius 1 is 1.30 bits per heavy atom. The molecular weight excluding hydrogens is 302 g/mol. The van der Waals surface area contributed by atoms with Crippen LogP contribution in [0.15, 0.2) is 24.4 Å². The van der Waals surface area contributed by atoms with Crippen molar-refractivity contribution in [3.8, 4) is 0 Å². The zero-order chi connectivity index (χ0) is 15.1. The van der Waals surface area contributed by atoms with Crippen LogP contribution in [0.1, 0.15) is 23.6 Å². The number of hydrogen-bond donors (Lipinski definition) is 2. The molecule has 1 heterocycles. The van der Waals surface area contributed by atoms with Gasteiger partial charge in [0.25, 0.3) is 0 Å². The number of aryl methyl sites for hydroxylation is 1. The molecule has 0 radical (unpaired) electrons. The third kappa shape index (κ3) is 2.46. The molecule has 0 spiro atoms. The van der Waals surface area contributed by atoms with Crippen LogP contribution in [0, 0.1) is 12.7 Å². The van der Waals surface area contributed by atoms with Gasteiger partial charge in [-0.25, -0.2) is 9.37 Å². The molecule has 3 N–H and O–H groups in total. The number of nitrogens with two attached hydrogens (primary N) is 1. The Bertz CT molecular complexity index is 654. The number of nitrogens with zero attached hydrogens (tertiary/aromatic N) is 1. The molecule has 1 aromatic heterocycles. The van der Waals surface area contributed by atoms with E-state index in [1.54, 1.807) is 13.0 Å². The number of nitrogen functional groups attached to an aromatic ring is 1. The molecule has 0 saturated carbocycles. The molecule has 0 bridgehead atoms. The zero-order valence-electron chi connectivity index (χ0n) is 10.9. The first-order valence-electron chi connectivity index (χ1n) is 5.84. The number of rotatable bonds is 2. The van der Waals surface area contributed by atoms with Gasteiger partial charge in [0.05, 0.1) is 5.02 Å². The van der Waals surface area contributed by atoms with Crippen molar-refractivity contribution in [1.29, 1.82) is 0 Å². The minimum absolute atomic E-state index is 0.106. The van der Waals surface area contributed by atoms with Gasteiger partial charge in [-0.3, -0.25) is 0 Å². The molecule has 2 aromatic rings. The van der Waals surface area contributed by atoms with Crippen LogP contribution in [0.4, 0.5) is 10.2 Å². The first-order valence-corrected chi connectivity index (χ1v) is 6.59. The summed E-state index contributed by atoms with van der Waals surface area (Å²) in [5, 5.41) is 10.9. The number of halogens is 3. The summed E-state index contributed by atoms with van der Waals surface area (Å²) < 4.78 is 13.7. The van der Waals surface area contributed by atoms with Gasteiger partial charge in [0.15, 0.2) is 0 Å². The van der Waals surface area contributed by atoms with Gasteiger partial charge >= 0.3 is 0 Å². The molecule has 20 heavy (non-hydrogen) atoms. The first-order chi connectivity index (χ1) is 9.25. The molecule has 1 aromatic carbocycles. The number of aromatic nitrogens is 1. The third-order valence-electron chi connectivity index (χ3n) is 3.21. The summed E-state index contributed by atoms with van der Waals surface area (Å²) in [6.07, 6.45) is 1.54. The van der Waals surface area contributed by atoms with Crippen molar-refractivity contribution >= 4 is 29.0 Å². The quantitative estimate of drug-likeness (QED) is 0.831. The molecule has 6 heteroatoms. The lowest BCUT2D eigenvalue weighted by Gasteiger charge is -2.28. The average molecular weight is 315 g/mol. The van der Waals surface area contributed by atoms with Gasteiger partial charge < -0.3 is 10.8 Å². The average Bonchev–Trinajstić information content (AvgIpc) is 2.33. The highest BCUT2D eigenvalue weighted by Gasteiger charge is 2.33. The van der Waals surface area contributed by atoms with E-state index in [0.29, 0.717) is 5.56 Å². The smallest absolute Gasteiger partial charge is 0.142 e. The predicted octanol–water partition coefficient (Wildman–Crippen LogP) is 3.67. The minimum Gasteiger partial charge on any atom is -0.383 e. The van der Waals surface area contributed by atoms with Crippen molar-refractivity contribution in [2.24, 2.45) is 0 Å². The van der Waals surface area contributed by atoms with Gasteiger partial charge in [-0.05, 0) is 37.6 Å². The lowest BCUT2D eigenvalue weighted by molar-refractivity contribution is 0.102. The second kappa shape index (κ2) is 5.20. The Hall–Kier alpha value is -1.36. The van der Waals surface area contributed by atoms with Crippen LogP contribution in [-0.4, -0.2) is 10.1 Å². The molecule has 0 aliphatic carbocycles. The third-order valence-corrected chi connectivity index (χ3v) is 3.81. The summed E-state index contributed by atoms with van der Waals surface area (Å²) in [6, 6.07) is 4.07. The Labute approximate surface area is 126 Å². The second-order valence-electron chi connectivity index (χ2n) is 4.71. The SMILES string of the molecule is Cc1ccnc(N)c1C(C)(O)c1cc(F)c(Cl)cc1Cl. The van der Waals surface area contributed by atoms with Crippen molar-refractivity contribution in [2.75, 3.05) is 5.73 Å². The van der Waals surface area contributed by atoms with Gasteiger partial charge in [-0.2, -0.15) is 0 Å². The Morgan fingerprint density at radius 2 is 1.95 bits per heavy atom. The van der Waals surface area contributed by atoms with Crippen molar-refractivity contribution < 1.29 is 9.50 Å². The summed E-state index contributed by atoms with van der Waals surface area (Å²) in [6.45, 7) is 3.27. The van der Waals surface area contributed by atoms with E-state index in [2.05, 4.69) is 4.98 Å². The normalized spacial score (nSPS) is 14.1. The minimum atomic E-state index is -1.58. The molecule has 0 amide bonds. The van der Waals surface area contributed by atoms with E-state index in [1.165, 1.54) is 19.2 Å². The fourth-order valence-corrected chi connectivity index (χ4v) is 2.81. The first kappa shape index (κ1) is 15.0. The fourth-order valence-electron chi connectivity index (χ4n) is 2.24. The highest BCUT2D eigenvalue weighted by molar-refractivity contribution is 6.35. The monoisotopic (exact) mass is 314 g/mol. The van der Waals surface area contributed by atoms with Crippen molar-refractivity contribution in [3.05, 3.63) is 56.9 Å². The lowest BCUT2D eigenvalue weighted by atomic mass is 9.86. The van der Waals surface area contributed by atoms with E-state index < -0.39 is 11.4 Å². The molecule has 0 saturated heterocycles. The maximum Gasteiger partial charge on any atom is 0.142 e. The summed E-state index contributed by atoms with van der Waals surface area (Å²) in [5.41, 5.74) is 5.56. The molecule has 0 fully saturated rings. The lowest BCUT2D eigenvalue weighted by Crippen LogP contribution is -2.26. The van der Waals surface area contributed by atoms with Gasteiger partial charge in [-0.15, -0.1) is 0 Å². The summed E-state index contributed by atoms with van der Waals surface area (Å²) >= 11 is 11.7. The maximum absolute atomic E-state index is 13.7. The summed E-state index contributed by atoms with van der Waals surface area (Å²) in [5.74, 6) is -0.493. The molecule has 0 aliphatic heterocycles. The Balaban J connectivity index is 2.70. The highest BCUT2D eigenvalue weighted by atomic mass is 35.5. The Kier molecular flexibility index (Phi) is 3.91. The molecule has 2 rings (SSSR count). The molecule has 1 atom stereocenters. The van der Waals surface area contributed by atoms with Gasteiger partial charge in [-0.1, -0.05) is 23.2 Å². The topological polar surface area (TPSA) is 59.1 Å². The molecular formula is C14H13Cl2FN2O. The van der Waals surface area contributed by atoms with Crippen molar-refractivity contribution in [1.82, 2.24) is 4.98 Å². The summed E-state index contributed by atoms with van der Waals surface area (Å²) in [4.78, 5) is 3.96. The van der Waals surface area contributed by atoms with Crippen LogP contribution < -0.4 is 5.73 Å². The van der Waals surface area contributed by atoms with E-state index in [1.807, 2.05) is 0 Å². The standard InChI is InChI=1S/C14H13Cl2FN2O/c1-7-3-4-19-13(18)12(7)14(2,20)8-5-11(17)10(16)6-9(8)15/h3-6,20H,1-2H3,(H2,18,19). The fraction of sp³-hybridized carbons (Fsp3) is 0.214. The number of benzene rings is 1. The van der Waals surface area contributed by atoms with Crippen molar-refractivity contribution in [2.45, 2.75) is 19.4 Å². The number of hydrogen-bond acceptors (Lipinski definition) is 3. The predicted molar refractivity (Wildman–Crippen MR) is 78.5 cm³/mol. The van der Waals surface area contributed by atoms with Crippen LogP contribution in [0.25, 0.3) is 0 Å². The van der Waals surface area contributed by atoms with Crippen molar-refractivity contribution in [3.63, 3.8) is 0 Å². The molecule has 1 unspecified atom stereocenters. The number of pyridine rings is 1. The Morgan fingerprint density at radius 3 is 2.55 bits per heavy atom. The van der Waals surface area contributed by atoms with Gasteiger partial charge in [0.1, 0.15) is 17.2 Å². The molecule has 106 valence electrons. The molecule has 3 nitrogen and oxygen atoms in total. The van der Waals surface area contributed by atoms with E-state index in [4.69, 9.17) is 28.9 Å². The second-order valence-corrected chi connectivity index (χ2v) is 5.52. The van der Waals surface area contributed by atoms with E-state index in [-0.39, 0.29) is 21.4 Å².